The Morgan fingerprint density at radius 3 is 2.78 bits per heavy atom. The van der Waals surface area contributed by atoms with Crippen molar-refractivity contribution >= 4 is 34.9 Å². The van der Waals surface area contributed by atoms with Crippen LogP contribution in [0.4, 0.5) is 10.2 Å². The van der Waals surface area contributed by atoms with Gasteiger partial charge in [0, 0.05) is 34.1 Å². The number of nitrogens with zero attached hydrogens (tertiary/aromatic N) is 3. The van der Waals surface area contributed by atoms with Gasteiger partial charge in [0.2, 0.25) is 0 Å². The van der Waals surface area contributed by atoms with Crippen LogP contribution in [0.2, 0.25) is 10.0 Å². The molecule has 1 aliphatic heterocycles. The SMILES string of the molecule is CC(NC(=O)c1cc(-c2cnn(C3CCNCC3)c2)cnc1N)c1c(Cl)ccc(F)c1Cl. The molecule has 3 heterocycles. The largest absolute Gasteiger partial charge is 0.383 e. The summed E-state index contributed by atoms with van der Waals surface area (Å²) in [6.45, 7) is 3.59. The molecule has 1 amide bonds. The number of aromatic nitrogens is 3. The lowest BCUT2D eigenvalue weighted by molar-refractivity contribution is 0.0940. The molecule has 32 heavy (non-hydrogen) atoms. The highest BCUT2D eigenvalue weighted by atomic mass is 35.5. The number of rotatable bonds is 5. The van der Waals surface area contributed by atoms with E-state index in [1.807, 2.05) is 10.9 Å². The number of halogens is 3. The molecular weight excluding hydrogens is 454 g/mol. The number of nitrogens with two attached hydrogens (primary N) is 1. The van der Waals surface area contributed by atoms with Crippen molar-refractivity contribution in [2.24, 2.45) is 0 Å². The van der Waals surface area contributed by atoms with Gasteiger partial charge in [-0.05, 0) is 51.1 Å². The summed E-state index contributed by atoms with van der Waals surface area (Å²) < 4.78 is 15.8. The Kier molecular flexibility index (Phi) is 6.64. The van der Waals surface area contributed by atoms with Gasteiger partial charge in [0.1, 0.15) is 11.6 Å². The first-order valence-corrected chi connectivity index (χ1v) is 11.1. The molecule has 0 saturated carbocycles. The van der Waals surface area contributed by atoms with Crippen LogP contribution in [-0.4, -0.2) is 33.8 Å². The fourth-order valence-electron chi connectivity index (χ4n) is 3.86. The van der Waals surface area contributed by atoms with Crippen molar-refractivity contribution < 1.29 is 9.18 Å². The van der Waals surface area contributed by atoms with Gasteiger partial charge >= 0.3 is 0 Å². The molecule has 2 aromatic heterocycles. The molecule has 3 aromatic rings. The highest BCUT2D eigenvalue weighted by Gasteiger charge is 2.22. The third-order valence-electron chi connectivity index (χ3n) is 5.64. The molecule has 0 radical (unpaired) electrons. The minimum atomic E-state index is -0.649. The van der Waals surface area contributed by atoms with Gasteiger partial charge in [-0.3, -0.25) is 9.48 Å². The van der Waals surface area contributed by atoms with Crippen LogP contribution in [0.25, 0.3) is 11.1 Å². The lowest BCUT2D eigenvalue weighted by atomic mass is 10.1. The van der Waals surface area contributed by atoms with Crippen LogP contribution in [0.5, 0.6) is 0 Å². The van der Waals surface area contributed by atoms with E-state index in [-0.39, 0.29) is 21.4 Å². The topological polar surface area (TPSA) is 97.9 Å². The fraction of sp³-hybridized carbons (Fsp3) is 0.318. The maximum atomic E-state index is 13.9. The summed E-state index contributed by atoms with van der Waals surface area (Å²) in [5.74, 6) is -0.992. The summed E-state index contributed by atoms with van der Waals surface area (Å²) in [6, 6.07) is 3.94. The predicted octanol–water partition coefficient (Wildman–Crippen LogP) is 4.39. The van der Waals surface area contributed by atoms with Gasteiger partial charge in [0.25, 0.3) is 5.91 Å². The summed E-state index contributed by atoms with van der Waals surface area (Å²) in [4.78, 5) is 17.1. The van der Waals surface area contributed by atoms with Crippen LogP contribution in [0, 0.1) is 5.82 Å². The van der Waals surface area contributed by atoms with Crippen molar-refractivity contribution in [1.29, 1.82) is 0 Å². The Morgan fingerprint density at radius 2 is 2.03 bits per heavy atom. The van der Waals surface area contributed by atoms with E-state index >= 15 is 0 Å². The van der Waals surface area contributed by atoms with E-state index in [1.165, 1.54) is 12.1 Å². The summed E-state index contributed by atoms with van der Waals surface area (Å²) >= 11 is 12.2. The Hall–Kier alpha value is -2.68. The quantitative estimate of drug-likeness (QED) is 0.474. The van der Waals surface area contributed by atoms with E-state index < -0.39 is 17.8 Å². The minimum absolute atomic E-state index is 0.0839. The van der Waals surface area contributed by atoms with E-state index in [0.717, 1.165) is 37.1 Å². The van der Waals surface area contributed by atoms with Crippen molar-refractivity contribution in [3.8, 4) is 11.1 Å². The van der Waals surface area contributed by atoms with Crippen LogP contribution in [0.3, 0.4) is 0 Å². The average Bonchev–Trinajstić information content (AvgIpc) is 3.28. The molecule has 0 aliphatic carbocycles. The molecule has 7 nitrogen and oxygen atoms in total. The number of hydrogen-bond donors (Lipinski definition) is 3. The van der Waals surface area contributed by atoms with Gasteiger partial charge in [0.15, 0.2) is 0 Å². The first-order valence-electron chi connectivity index (χ1n) is 10.3. The van der Waals surface area contributed by atoms with Gasteiger partial charge in [-0.1, -0.05) is 23.2 Å². The minimum Gasteiger partial charge on any atom is -0.383 e. The zero-order valence-corrected chi connectivity index (χ0v) is 18.9. The molecule has 1 aromatic carbocycles. The first kappa shape index (κ1) is 22.5. The molecule has 0 spiro atoms. The lowest BCUT2D eigenvalue weighted by Gasteiger charge is -2.22. The molecule has 1 atom stereocenters. The maximum Gasteiger partial charge on any atom is 0.255 e. The molecule has 4 N–H and O–H groups in total. The number of anilines is 1. The summed E-state index contributed by atoms with van der Waals surface area (Å²) in [6.07, 6.45) is 7.35. The number of piperidine rings is 1. The third-order valence-corrected chi connectivity index (χ3v) is 6.35. The Balaban J connectivity index is 1.56. The standard InChI is InChI=1S/C22H23Cl2FN6O/c1-12(19-17(23)2-3-18(25)20(19)24)30-22(32)16-8-13(9-28-21(16)26)14-10-29-31(11-14)15-4-6-27-7-5-15/h2-3,8-12,15,27H,4-7H2,1H3,(H2,26,28)(H,30,32). The monoisotopic (exact) mass is 476 g/mol. The number of hydrogen-bond acceptors (Lipinski definition) is 5. The molecule has 168 valence electrons. The molecule has 1 unspecified atom stereocenters. The summed E-state index contributed by atoms with van der Waals surface area (Å²) in [7, 11) is 0. The Bertz CT molecular complexity index is 1150. The molecule has 4 rings (SSSR count). The van der Waals surface area contributed by atoms with Crippen molar-refractivity contribution in [2.75, 3.05) is 18.8 Å². The molecule has 1 saturated heterocycles. The van der Waals surface area contributed by atoms with Crippen LogP contribution in [0.15, 0.2) is 36.8 Å². The molecule has 1 aliphatic rings. The lowest BCUT2D eigenvalue weighted by Crippen LogP contribution is -2.29. The average molecular weight is 477 g/mol. The number of carbonyl (C=O) groups excluding carboxylic acids is 1. The van der Waals surface area contributed by atoms with E-state index in [2.05, 4.69) is 20.7 Å². The van der Waals surface area contributed by atoms with Gasteiger partial charge in [0.05, 0.1) is 28.9 Å². The van der Waals surface area contributed by atoms with Crippen molar-refractivity contribution in [2.45, 2.75) is 31.8 Å². The predicted molar refractivity (Wildman–Crippen MR) is 123 cm³/mol. The second-order valence-electron chi connectivity index (χ2n) is 7.80. The van der Waals surface area contributed by atoms with Crippen LogP contribution < -0.4 is 16.4 Å². The maximum absolute atomic E-state index is 13.9. The highest BCUT2D eigenvalue weighted by molar-refractivity contribution is 6.36. The van der Waals surface area contributed by atoms with E-state index in [0.29, 0.717) is 11.6 Å². The van der Waals surface area contributed by atoms with E-state index in [1.54, 1.807) is 25.4 Å². The normalized spacial score (nSPS) is 15.5. The first-order chi connectivity index (χ1) is 15.3. The van der Waals surface area contributed by atoms with Crippen LogP contribution in [0.1, 0.15) is 47.8 Å². The van der Waals surface area contributed by atoms with Crippen molar-refractivity contribution in [1.82, 2.24) is 25.4 Å². The van der Waals surface area contributed by atoms with Crippen LogP contribution in [-0.2, 0) is 0 Å². The number of nitrogen functional groups attached to an aromatic ring is 1. The Morgan fingerprint density at radius 1 is 1.28 bits per heavy atom. The van der Waals surface area contributed by atoms with Gasteiger partial charge in [-0.25, -0.2) is 9.37 Å². The van der Waals surface area contributed by atoms with Gasteiger partial charge < -0.3 is 16.4 Å². The van der Waals surface area contributed by atoms with E-state index in [9.17, 15) is 9.18 Å². The zero-order chi connectivity index (χ0) is 22.8. The second-order valence-corrected chi connectivity index (χ2v) is 8.58. The zero-order valence-electron chi connectivity index (χ0n) is 17.4. The molecule has 1 fully saturated rings. The Labute approximate surface area is 195 Å². The summed E-state index contributed by atoms with van der Waals surface area (Å²) in [5.41, 5.74) is 8.04. The molecule has 10 heteroatoms. The van der Waals surface area contributed by atoms with Gasteiger partial charge in [-0.2, -0.15) is 5.10 Å². The van der Waals surface area contributed by atoms with Crippen LogP contribution >= 0.6 is 23.2 Å². The summed E-state index contributed by atoms with van der Waals surface area (Å²) in [5, 5.41) is 10.7. The highest BCUT2D eigenvalue weighted by Crippen LogP contribution is 2.33. The molecular formula is C22H23Cl2FN6O. The number of benzene rings is 1. The number of pyridine rings is 1. The fourth-order valence-corrected chi connectivity index (χ4v) is 4.56. The van der Waals surface area contributed by atoms with Crippen molar-refractivity contribution in [3.63, 3.8) is 0 Å². The second kappa shape index (κ2) is 9.44. The van der Waals surface area contributed by atoms with E-state index in [4.69, 9.17) is 28.9 Å². The smallest absolute Gasteiger partial charge is 0.255 e. The third kappa shape index (κ3) is 4.57. The van der Waals surface area contributed by atoms with Gasteiger partial charge in [-0.15, -0.1) is 0 Å². The number of amides is 1. The number of nitrogens with one attached hydrogen (secondary N) is 2. The molecule has 0 bridgehead atoms. The number of carbonyl (C=O) groups is 1. The van der Waals surface area contributed by atoms with Crippen molar-refractivity contribution in [3.05, 3.63) is 63.8 Å².